The van der Waals surface area contributed by atoms with Crippen molar-refractivity contribution in [2.45, 2.75) is 30.6 Å². The van der Waals surface area contributed by atoms with Crippen LogP contribution in [0.25, 0.3) is 0 Å². The summed E-state index contributed by atoms with van der Waals surface area (Å²) in [6, 6.07) is 7.83. The molecule has 2 aliphatic rings. The quantitative estimate of drug-likeness (QED) is 0.493. The summed E-state index contributed by atoms with van der Waals surface area (Å²) in [4.78, 5) is 4.39. The minimum atomic E-state index is -1.49. The largest absolute Gasteiger partial charge is 0.405 e. The summed E-state index contributed by atoms with van der Waals surface area (Å²) in [5.41, 5.74) is 4.67. The van der Waals surface area contributed by atoms with E-state index in [0.29, 0.717) is 5.88 Å². The van der Waals surface area contributed by atoms with Gasteiger partial charge in [0.25, 0.3) is 0 Å². The summed E-state index contributed by atoms with van der Waals surface area (Å²) < 4.78 is 5.59. The second-order valence-electron chi connectivity index (χ2n) is 5.50. The Hall–Kier alpha value is -1.78. The number of ether oxygens (including phenoxy) is 1. The number of hydrogen-bond donors (Lipinski definition) is 5. The van der Waals surface area contributed by atoms with Gasteiger partial charge in [-0.3, -0.25) is 0 Å². The van der Waals surface area contributed by atoms with Crippen molar-refractivity contribution in [1.82, 2.24) is 10.4 Å². The molecule has 0 aromatic heterocycles. The van der Waals surface area contributed by atoms with Gasteiger partial charge in [0.1, 0.15) is 23.7 Å². The number of thioether (sulfide) groups is 1. The third-order valence-electron chi connectivity index (χ3n) is 3.78. The smallest absolute Gasteiger partial charge is 0.316 e. The minimum Gasteiger partial charge on any atom is -0.405 e. The highest BCUT2D eigenvalue weighted by molar-refractivity contribution is 8.03. The Morgan fingerprint density at radius 2 is 2.08 bits per heavy atom. The molecule has 9 heteroatoms. The minimum absolute atomic E-state index is 0.255. The zero-order valence-corrected chi connectivity index (χ0v) is 13.7. The van der Waals surface area contributed by atoms with Crippen LogP contribution in [0.4, 0.5) is 5.69 Å². The lowest BCUT2D eigenvalue weighted by molar-refractivity contribution is -0.0883. The molecule has 2 heterocycles. The van der Waals surface area contributed by atoms with Crippen molar-refractivity contribution in [1.29, 1.82) is 0 Å². The fraction of sp³-hybridized carbons (Fsp3) is 0.400. The normalized spacial score (nSPS) is 24.9. The first-order chi connectivity index (χ1) is 11.5. The molecule has 5 N–H and O–H groups in total. The average Bonchev–Trinajstić information content (AvgIpc) is 3.14. The third-order valence-corrected chi connectivity index (χ3v) is 4.88. The van der Waals surface area contributed by atoms with Crippen LogP contribution >= 0.6 is 11.8 Å². The van der Waals surface area contributed by atoms with Crippen LogP contribution in [-0.4, -0.2) is 61.7 Å². The molecular weight excluding hydrogens is 334 g/mol. The van der Waals surface area contributed by atoms with Gasteiger partial charge >= 0.3 is 6.02 Å². The van der Waals surface area contributed by atoms with Gasteiger partial charge in [0.15, 0.2) is 0 Å². The summed E-state index contributed by atoms with van der Waals surface area (Å²) >= 11 is 1.23. The van der Waals surface area contributed by atoms with Crippen LogP contribution in [0.1, 0.15) is 5.56 Å². The van der Waals surface area contributed by atoms with E-state index < -0.39 is 30.3 Å². The molecule has 1 aromatic rings. The van der Waals surface area contributed by atoms with Crippen LogP contribution in [0.5, 0.6) is 0 Å². The predicted octanol–water partition coefficient (Wildman–Crippen LogP) is -0.234. The molecule has 3 rings (SSSR count). The number of aliphatic hydroxyl groups excluding tert-OH is 4. The Bertz CT molecular complexity index is 668. The zero-order valence-electron chi connectivity index (χ0n) is 12.9. The lowest BCUT2D eigenvalue weighted by Crippen LogP contribution is -2.51. The molecular formula is C15H19N3O5S. The maximum absolute atomic E-state index is 10.2. The SMILES string of the molecule is Cc1ccccc1N=C1NN2C(=CSC2[C@H](O)[C@@H](O)[C@H](O)CO)O1. The topological polar surface area (TPSA) is 118 Å². The predicted molar refractivity (Wildman–Crippen MR) is 88.9 cm³/mol. The molecule has 0 spiro atoms. The van der Waals surface area contributed by atoms with Crippen LogP contribution < -0.4 is 5.43 Å². The Morgan fingerprint density at radius 3 is 2.79 bits per heavy atom. The van der Waals surface area contributed by atoms with Crippen molar-refractivity contribution in [2.75, 3.05) is 6.61 Å². The average molecular weight is 353 g/mol. The highest BCUT2D eigenvalue weighted by atomic mass is 32.2. The van der Waals surface area contributed by atoms with Gasteiger partial charge in [0, 0.05) is 5.41 Å². The number of hydrogen-bond acceptors (Lipinski definition) is 8. The van der Waals surface area contributed by atoms with Gasteiger partial charge in [-0.15, -0.1) is 0 Å². The Labute approximate surface area is 143 Å². The van der Waals surface area contributed by atoms with E-state index in [4.69, 9.17) is 9.84 Å². The van der Waals surface area contributed by atoms with Crippen LogP contribution in [0.2, 0.25) is 0 Å². The first-order valence-electron chi connectivity index (χ1n) is 7.40. The van der Waals surface area contributed by atoms with Gasteiger partial charge in [-0.2, -0.15) is 4.99 Å². The Kier molecular flexibility index (Phi) is 4.97. The molecule has 130 valence electrons. The van der Waals surface area contributed by atoms with E-state index in [1.807, 2.05) is 31.2 Å². The summed E-state index contributed by atoms with van der Waals surface area (Å²) in [5, 5.41) is 41.1. The number of hydrazine groups is 1. The molecule has 4 atom stereocenters. The second kappa shape index (κ2) is 6.99. The number of nitrogens with zero attached hydrogens (tertiary/aromatic N) is 2. The fourth-order valence-electron chi connectivity index (χ4n) is 2.37. The summed E-state index contributed by atoms with van der Waals surface area (Å²) in [5.74, 6) is 0.446. The van der Waals surface area contributed by atoms with Gasteiger partial charge in [0.2, 0.25) is 5.88 Å². The van der Waals surface area contributed by atoms with Gasteiger partial charge < -0.3 is 25.2 Å². The van der Waals surface area contributed by atoms with Gasteiger partial charge in [-0.05, 0) is 18.6 Å². The number of fused-ring (bicyclic) bond motifs is 1. The fourth-order valence-corrected chi connectivity index (χ4v) is 3.39. The standard InChI is InChI=1S/C15H19N3O5S/c1-8-4-2-3-5-9(8)16-15-17-18-11(23-15)7-24-14(18)13(22)12(21)10(20)6-19/h2-5,7,10,12-14,19-22H,6H2,1H3,(H,16,17)/t10-,12+,13-,14?/m1/s1. The Morgan fingerprint density at radius 1 is 1.33 bits per heavy atom. The highest BCUT2D eigenvalue weighted by Crippen LogP contribution is 2.36. The van der Waals surface area contributed by atoms with Crippen molar-refractivity contribution in [3.63, 3.8) is 0 Å². The molecule has 2 aliphatic heterocycles. The van der Waals surface area contributed by atoms with Gasteiger partial charge in [-0.1, -0.05) is 30.0 Å². The molecule has 0 saturated carbocycles. The zero-order chi connectivity index (χ0) is 17.3. The van der Waals surface area contributed by atoms with Crippen molar-refractivity contribution in [3.8, 4) is 0 Å². The van der Waals surface area contributed by atoms with Crippen LogP contribution in [0.15, 0.2) is 40.5 Å². The van der Waals surface area contributed by atoms with E-state index in [1.54, 1.807) is 5.41 Å². The van der Waals surface area contributed by atoms with Crippen LogP contribution in [0.3, 0.4) is 0 Å². The van der Waals surface area contributed by atoms with Crippen molar-refractivity contribution in [2.24, 2.45) is 4.99 Å². The molecule has 1 aromatic carbocycles. The number of para-hydroxylation sites is 1. The number of nitrogens with one attached hydrogen (secondary N) is 1. The number of aryl methyl sites for hydroxylation is 1. The monoisotopic (exact) mass is 353 g/mol. The number of rotatable bonds is 5. The maximum Gasteiger partial charge on any atom is 0.316 e. The van der Waals surface area contributed by atoms with Crippen LogP contribution in [-0.2, 0) is 4.74 Å². The van der Waals surface area contributed by atoms with E-state index in [9.17, 15) is 15.3 Å². The van der Waals surface area contributed by atoms with Crippen LogP contribution in [0, 0.1) is 6.92 Å². The summed E-state index contributed by atoms with van der Waals surface area (Å²) in [7, 11) is 0. The summed E-state index contributed by atoms with van der Waals surface area (Å²) in [6.07, 6.45) is -4.22. The highest BCUT2D eigenvalue weighted by Gasteiger charge is 2.43. The maximum atomic E-state index is 10.2. The number of benzene rings is 1. The molecule has 8 nitrogen and oxygen atoms in total. The van der Waals surface area contributed by atoms with Crippen molar-refractivity contribution in [3.05, 3.63) is 41.1 Å². The first kappa shape index (κ1) is 17.1. The third kappa shape index (κ3) is 3.21. The molecule has 0 bridgehead atoms. The van der Waals surface area contributed by atoms with Gasteiger partial charge in [0.05, 0.1) is 12.3 Å². The van der Waals surface area contributed by atoms with Crippen molar-refractivity contribution < 1.29 is 25.2 Å². The molecule has 1 unspecified atom stereocenters. The molecule has 0 aliphatic carbocycles. The number of aliphatic hydroxyl groups is 4. The molecule has 24 heavy (non-hydrogen) atoms. The van der Waals surface area contributed by atoms with E-state index in [2.05, 4.69) is 10.4 Å². The van der Waals surface area contributed by atoms with E-state index in [1.165, 1.54) is 16.8 Å². The Balaban J connectivity index is 1.73. The van der Waals surface area contributed by atoms with E-state index >= 15 is 0 Å². The second-order valence-corrected chi connectivity index (χ2v) is 6.49. The number of amidine groups is 1. The molecule has 1 fully saturated rings. The molecule has 0 radical (unpaired) electrons. The van der Waals surface area contributed by atoms with Gasteiger partial charge in [-0.25, -0.2) is 10.4 Å². The van der Waals surface area contributed by atoms with Crippen molar-refractivity contribution >= 4 is 23.5 Å². The van der Waals surface area contributed by atoms with E-state index in [0.717, 1.165) is 11.3 Å². The lowest BCUT2D eigenvalue weighted by Gasteiger charge is -2.30. The first-order valence-corrected chi connectivity index (χ1v) is 8.34. The molecule has 1 saturated heterocycles. The molecule has 0 amide bonds. The number of aliphatic imine (C=N–C) groups is 1. The summed E-state index contributed by atoms with van der Waals surface area (Å²) in [6.45, 7) is 1.30. The van der Waals surface area contributed by atoms with E-state index in [-0.39, 0.29) is 6.02 Å². The lowest BCUT2D eigenvalue weighted by atomic mass is 10.1.